The Bertz CT molecular complexity index is 556. The van der Waals surface area contributed by atoms with E-state index in [4.69, 9.17) is 5.11 Å². The van der Waals surface area contributed by atoms with E-state index in [0.717, 1.165) is 41.9 Å². The van der Waals surface area contributed by atoms with Crippen LogP contribution in [0.1, 0.15) is 90.4 Å². The van der Waals surface area contributed by atoms with Gasteiger partial charge in [-0.1, -0.05) is 19.8 Å². The lowest BCUT2D eigenvalue weighted by Gasteiger charge is -2.65. The van der Waals surface area contributed by atoms with Crippen molar-refractivity contribution < 1.29 is 9.90 Å². The van der Waals surface area contributed by atoms with E-state index < -0.39 is 5.97 Å². The van der Waals surface area contributed by atoms with Crippen LogP contribution in [0, 0.1) is 46.3 Å². The Morgan fingerprint density at radius 1 is 0.960 bits per heavy atom. The fourth-order valence-electron chi connectivity index (χ4n) is 9.34. The van der Waals surface area contributed by atoms with Crippen molar-refractivity contribution in [1.29, 1.82) is 0 Å². The number of hydrogen-bond acceptors (Lipinski definition) is 1. The van der Waals surface area contributed by atoms with Crippen LogP contribution >= 0.6 is 0 Å². The summed E-state index contributed by atoms with van der Waals surface area (Å²) in [6.07, 6.45) is 17.6. The van der Waals surface area contributed by atoms with Crippen LogP contribution in [-0.2, 0) is 4.79 Å². The Morgan fingerprint density at radius 3 is 2.64 bits per heavy atom. The molecule has 0 amide bonds. The summed E-state index contributed by atoms with van der Waals surface area (Å²) in [5, 5.41) is 9.05. The Kier molecular flexibility index (Phi) is 3.81. The van der Waals surface area contributed by atoms with Gasteiger partial charge in [-0.3, -0.25) is 4.79 Å². The van der Waals surface area contributed by atoms with Crippen LogP contribution in [-0.4, -0.2) is 11.1 Å². The molecule has 0 aliphatic heterocycles. The number of aliphatic carboxylic acids is 1. The monoisotopic (exact) mass is 344 g/mol. The molecule has 5 saturated carbocycles. The number of rotatable bonds is 3. The fraction of sp³-hybridized carbons (Fsp3) is 0.957. The molecular weight excluding hydrogens is 308 g/mol. The first-order chi connectivity index (χ1) is 12.0. The largest absolute Gasteiger partial charge is 0.481 e. The lowest BCUT2D eigenvalue weighted by Crippen LogP contribution is -2.57. The minimum absolute atomic E-state index is 0.397. The molecule has 1 spiro atoms. The molecule has 8 atom stereocenters. The molecule has 1 N–H and O–H groups in total. The van der Waals surface area contributed by atoms with Gasteiger partial charge in [-0.15, -0.1) is 0 Å². The van der Waals surface area contributed by atoms with Gasteiger partial charge in [-0.2, -0.15) is 0 Å². The summed E-state index contributed by atoms with van der Waals surface area (Å²) in [5.41, 5.74) is 1.31. The molecular formula is C23H36O2. The maximum absolute atomic E-state index is 11.0. The predicted octanol–water partition coefficient (Wildman–Crippen LogP) is 5.90. The SMILES string of the molecule is C[C@]12CCCC[C@H]1CC[C@H]1C3CCC4C(CCC(=O)O)C[C@@]43CCC12. The van der Waals surface area contributed by atoms with Crippen LogP contribution in [0.15, 0.2) is 0 Å². The molecule has 0 aromatic rings. The van der Waals surface area contributed by atoms with Crippen molar-refractivity contribution in [3.05, 3.63) is 0 Å². The third-order valence-electron chi connectivity index (χ3n) is 10.3. The molecule has 2 nitrogen and oxygen atoms in total. The molecule has 0 radical (unpaired) electrons. The van der Waals surface area contributed by atoms with E-state index in [-0.39, 0.29) is 0 Å². The van der Waals surface area contributed by atoms with Gasteiger partial charge in [0.2, 0.25) is 0 Å². The molecule has 140 valence electrons. The molecule has 0 heterocycles. The number of carboxylic acids is 1. The summed E-state index contributed by atoms with van der Waals surface area (Å²) >= 11 is 0. The molecule has 4 unspecified atom stereocenters. The molecule has 25 heavy (non-hydrogen) atoms. The smallest absolute Gasteiger partial charge is 0.303 e. The Hall–Kier alpha value is -0.530. The normalized spacial score (nSPS) is 53.8. The average molecular weight is 345 g/mol. The van der Waals surface area contributed by atoms with E-state index in [9.17, 15) is 4.79 Å². The molecule has 0 aromatic carbocycles. The zero-order chi connectivity index (χ0) is 17.2. The Balaban J connectivity index is 1.34. The molecule has 2 heteroatoms. The third-order valence-corrected chi connectivity index (χ3v) is 10.3. The van der Waals surface area contributed by atoms with Gasteiger partial charge in [0.1, 0.15) is 0 Å². The van der Waals surface area contributed by atoms with Crippen LogP contribution < -0.4 is 0 Å². The van der Waals surface area contributed by atoms with Crippen molar-refractivity contribution in [1.82, 2.24) is 0 Å². The minimum atomic E-state index is -0.595. The van der Waals surface area contributed by atoms with E-state index in [1.54, 1.807) is 0 Å². The summed E-state index contributed by atoms with van der Waals surface area (Å²) in [7, 11) is 0. The van der Waals surface area contributed by atoms with E-state index in [0.29, 0.717) is 17.3 Å². The molecule has 0 bridgehead atoms. The van der Waals surface area contributed by atoms with Gasteiger partial charge in [-0.05, 0) is 111 Å². The highest BCUT2D eigenvalue weighted by Gasteiger charge is 2.66. The molecule has 5 aliphatic carbocycles. The molecule has 5 fully saturated rings. The highest BCUT2D eigenvalue weighted by atomic mass is 16.4. The highest BCUT2D eigenvalue weighted by Crippen LogP contribution is 2.74. The van der Waals surface area contributed by atoms with Gasteiger partial charge in [-0.25, -0.2) is 0 Å². The first-order valence-corrected chi connectivity index (χ1v) is 11.3. The summed E-state index contributed by atoms with van der Waals surface area (Å²) in [6.45, 7) is 2.68. The van der Waals surface area contributed by atoms with Gasteiger partial charge < -0.3 is 5.11 Å². The average Bonchev–Trinajstić information content (AvgIpc) is 2.87. The van der Waals surface area contributed by atoms with E-state index in [1.807, 2.05) is 0 Å². The summed E-state index contributed by atoms with van der Waals surface area (Å²) in [4.78, 5) is 11.0. The fourth-order valence-corrected chi connectivity index (χ4v) is 9.34. The first-order valence-electron chi connectivity index (χ1n) is 11.3. The van der Waals surface area contributed by atoms with Gasteiger partial charge in [0.25, 0.3) is 0 Å². The van der Waals surface area contributed by atoms with Gasteiger partial charge in [0, 0.05) is 6.42 Å². The van der Waals surface area contributed by atoms with E-state index >= 15 is 0 Å². The van der Waals surface area contributed by atoms with Crippen molar-refractivity contribution in [2.45, 2.75) is 90.4 Å². The second-order valence-corrected chi connectivity index (χ2v) is 10.8. The number of hydrogen-bond donors (Lipinski definition) is 1. The van der Waals surface area contributed by atoms with Crippen molar-refractivity contribution in [3.8, 4) is 0 Å². The predicted molar refractivity (Wildman–Crippen MR) is 99.1 cm³/mol. The van der Waals surface area contributed by atoms with Gasteiger partial charge in [0.15, 0.2) is 0 Å². The topological polar surface area (TPSA) is 37.3 Å². The highest BCUT2D eigenvalue weighted by molar-refractivity contribution is 5.66. The van der Waals surface area contributed by atoms with Crippen LogP contribution in [0.3, 0.4) is 0 Å². The first kappa shape index (κ1) is 16.6. The Labute approximate surface area is 153 Å². The summed E-state index contributed by atoms with van der Waals surface area (Å²) in [6, 6.07) is 0. The number of fused-ring (bicyclic) bond motifs is 4. The Morgan fingerprint density at radius 2 is 1.80 bits per heavy atom. The van der Waals surface area contributed by atoms with Crippen LogP contribution in [0.4, 0.5) is 0 Å². The van der Waals surface area contributed by atoms with E-state index in [2.05, 4.69) is 6.92 Å². The maximum Gasteiger partial charge on any atom is 0.303 e. The van der Waals surface area contributed by atoms with Gasteiger partial charge >= 0.3 is 5.97 Å². The zero-order valence-corrected chi connectivity index (χ0v) is 16.0. The summed E-state index contributed by atoms with van der Waals surface area (Å²) < 4.78 is 0. The lowest BCUT2D eigenvalue weighted by molar-refractivity contribution is -0.162. The molecule has 5 rings (SSSR count). The minimum Gasteiger partial charge on any atom is -0.481 e. The standard InChI is InChI=1S/C23H36O2/c1-22-12-3-2-4-16(22)6-7-17-19(22)11-13-23-14-15(5-10-21(24)25)18(23)8-9-20(17)23/h15-20H,2-14H2,1H3,(H,24,25)/t15?,16-,17+,18?,19?,20?,22-,23-/m0/s1. The maximum atomic E-state index is 11.0. The molecule has 0 saturated heterocycles. The zero-order valence-electron chi connectivity index (χ0n) is 16.0. The number of carbonyl (C=O) groups is 1. The van der Waals surface area contributed by atoms with Crippen molar-refractivity contribution in [2.75, 3.05) is 0 Å². The van der Waals surface area contributed by atoms with Crippen molar-refractivity contribution in [2.24, 2.45) is 46.3 Å². The van der Waals surface area contributed by atoms with Crippen molar-refractivity contribution in [3.63, 3.8) is 0 Å². The van der Waals surface area contributed by atoms with Gasteiger partial charge in [0.05, 0.1) is 0 Å². The van der Waals surface area contributed by atoms with Crippen LogP contribution in [0.25, 0.3) is 0 Å². The van der Waals surface area contributed by atoms with E-state index in [1.165, 1.54) is 70.6 Å². The van der Waals surface area contributed by atoms with Crippen LogP contribution in [0.2, 0.25) is 0 Å². The second kappa shape index (κ2) is 5.73. The van der Waals surface area contributed by atoms with Crippen LogP contribution in [0.5, 0.6) is 0 Å². The quantitative estimate of drug-likeness (QED) is 0.692. The summed E-state index contributed by atoms with van der Waals surface area (Å²) in [5.74, 6) is 5.07. The lowest BCUT2D eigenvalue weighted by atomic mass is 9.40. The number of carboxylic acid groups (broad SMARTS) is 1. The third kappa shape index (κ3) is 2.24. The van der Waals surface area contributed by atoms with Crippen molar-refractivity contribution >= 4 is 5.97 Å². The molecule has 5 aliphatic rings. The molecule has 0 aromatic heterocycles. The second-order valence-electron chi connectivity index (χ2n) is 10.8.